The van der Waals surface area contributed by atoms with Crippen LogP contribution in [-0.4, -0.2) is 60.4 Å². The molecule has 8 nitrogen and oxygen atoms in total. The number of anilines is 3. The Balaban J connectivity index is 1.76. The van der Waals surface area contributed by atoms with Crippen LogP contribution < -0.4 is 15.5 Å². The van der Waals surface area contributed by atoms with E-state index in [1.165, 1.54) is 6.33 Å². The minimum atomic E-state index is -0.718. The molecule has 0 amide bonds. The van der Waals surface area contributed by atoms with Gasteiger partial charge in [0.05, 0.1) is 19.1 Å². The summed E-state index contributed by atoms with van der Waals surface area (Å²) in [6.45, 7) is 4.18. The Morgan fingerprint density at radius 2 is 1.68 bits per heavy atom. The molecule has 2 saturated heterocycles. The first kappa shape index (κ1) is 14.8. The minimum absolute atomic E-state index is 0.266. The van der Waals surface area contributed by atoms with Gasteiger partial charge in [0, 0.05) is 26.2 Å². The lowest BCUT2D eigenvalue weighted by molar-refractivity contribution is -0.142. The lowest BCUT2D eigenvalue weighted by Crippen LogP contribution is -2.39. The molecule has 0 aliphatic carbocycles. The second kappa shape index (κ2) is 6.35. The van der Waals surface area contributed by atoms with E-state index in [-0.39, 0.29) is 5.92 Å². The SMILES string of the molecule is Nc1c(N2CCOCC2)ncnc1N1CCC(C(=O)O)CC1. The predicted molar refractivity (Wildman–Crippen MR) is 82.0 cm³/mol. The van der Waals surface area contributed by atoms with E-state index in [2.05, 4.69) is 19.8 Å². The Labute approximate surface area is 128 Å². The van der Waals surface area contributed by atoms with E-state index in [0.29, 0.717) is 50.7 Å². The summed E-state index contributed by atoms with van der Waals surface area (Å²) in [6.07, 6.45) is 2.76. The van der Waals surface area contributed by atoms with Crippen LogP contribution in [0.25, 0.3) is 0 Å². The molecule has 2 aliphatic rings. The Morgan fingerprint density at radius 1 is 1.14 bits per heavy atom. The Bertz CT molecular complexity index is 539. The number of piperidine rings is 1. The third-order valence-corrected chi connectivity index (χ3v) is 4.30. The molecule has 2 fully saturated rings. The molecule has 120 valence electrons. The standard InChI is InChI=1S/C14H21N5O3/c15-11-12(18-3-1-10(2-4-18)14(20)21)16-9-17-13(11)19-5-7-22-8-6-19/h9-10H,1-8,15H2,(H,20,21). The van der Waals surface area contributed by atoms with Crippen LogP contribution >= 0.6 is 0 Å². The summed E-state index contributed by atoms with van der Waals surface area (Å²) in [6, 6.07) is 0. The second-order valence-electron chi connectivity index (χ2n) is 5.63. The molecule has 0 spiro atoms. The van der Waals surface area contributed by atoms with E-state index in [0.717, 1.165) is 18.9 Å². The summed E-state index contributed by atoms with van der Waals surface area (Å²) in [5, 5.41) is 9.08. The molecular weight excluding hydrogens is 286 g/mol. The molecule has 22 heavy (non-hydrogen) atoms. The number of rotatable bonds is 3. The van der Waals surface area contributed by atoms with Crippen LogP contribution in [-0.2, 0) is 9.53 Å². The minimum Gasteiger partial charge on any atom is -0.481 e. The normalized spacial score (nSPS) is 20.2. The molecule has 0 radical (unpaired) electrons. The lowest BCUT2D eigenvalue weighted by Gasteiger charge is -2.33. The van der Waals surface area contributed by atoms with Crippen LogP contribution in [0, 0.1) is 5.92 Å². The van der Waals surface area contributed by atoms with Crippen molar-refractivity contribution >= 4 is 23.3 Å². The maximum atomic E-state index is 11.0. The summed E-state index contributed by atoms with van der Waals surface area (Å²) in [5.74, 6) is 0.469. The van der Waals surface area contributed by atoms with Gasteiger partial charge in [0.15, 0.2) is 11.6 Å². The van der Waals surface area contributed by atoms with Gasteiger partial charge in [-0.2, -0.15) is 0 Å². The fourth-order valence-corrected chi connectivity index (χ4v) is 2.99. The van der Waals surface area contributed by atoms with Crippen LogP contribution in [0.5, 0.6) is 0 Å². The number of aliphatic carboxylic acids is 1. The molecule has 3 heterocycles. The number of carbonyl (C=O) groups is 1. The number of hydrogen-bond acceptors (Lipinski definition) is 7. The lowest BCUT2D eigenvalue weighted by atomic mass is 9.97. The summed E-state index contributed by atoms with van der Waals surface area (Å²) in [4.78, 5) is 23.8. The van der Waals surface area contributed by atoms with Crippen molar-refractivity contribution in [3.63, 3.8) is 0 Å². The first-order valence-electron chi connectivity index (χ1n) is 7.57. The van der Waals surface area contributed by atoms with Crippen LogP contribution in [0.15, 0.2) is 6.33 Å². The molecule has 8 heteroatoms. The van der Waals surface area contributed by atoms with Crippen LogP contribution in [0.2, 0.25) is 0 Å². The maximum absolute atomic E-state index is 11.0. The summed E-state index contributed by atoms with van der Waals surface area (Å²) in [5.41, 5.74) is 6.84. The van der Waals surface area contributed by atoms with Crippen LogP contribution in [0.1, 0.15) is 12.8 Å². The highest BCUT2D eigenvalue weighted by atomic mass is 16.5. The number of nitrogen functional groups attached to an aromatic ring is 1. The van der Waals surface area contributed by atoms with Crippen molar-refractivity contribution in [3.05, 3.63) is 6.33 Å². The first-order chi connectivity index (χ1) is 10.7. The van der Waals surface area contributed by atoms with Crippen LogP contribution in [0.3, 0.4) is 0 Å². The molecule has 0 unspecified atom stereocenters. The van der Waals surface area contributed by atoms with Gasteiger partial charge < -0.3 is 25.4 Å². The molecular formula is C14H21N5O3. The third kappa shape index (κ3) is 2.92. The van der Waals surface area contributed by atoms with Crippen molar-refractivity contribution in [1.82, 2.24) is 9.97 Å². The van der Waals surface area contributed by atoms with Gasteiger partial charge >= 0.3 is 5.97 Å². The largest absolute Gasteiger partial charge is 0.481 e. The molecule has 0 saturated carbocycles. The topological polar surface area (TPSA) is 105 Å². The van der Waals surface area contributed by atoms with Gasteiger partial charge in [-0.3, -0.25) is 4.79 Å². The molecule has 1 aromatic heterocycles. The monoisotopic (exact) mass is 307 g/mol. The third-order valence-electron chi connectivity index (χ3n) is 4.30. The Hall–Kier alpha value is -2.09. The Morgan fingerprint density at radius 3 is 2.23 bits per heavy atom. The van der Waals surface area contributed by atoms with Crippen molar-refractivity contribution in [3.8, 4) is 0 Å². The number of aromatic nitrogens is 2. The zero-order chi connectivity index (χ0) is 15.5. The number of morpholine rings is 1. The van der Waals surface area contributed by atoms with E-state index in [1.807, 2.05) is 0 Å². The number of nitrogens with two attached hydrogens (primary N) is 1. The van der Waals surface area contributed by atoms with Gasteiger partial charge in [0.1, 0.15) is 12.0 Å². The maximum Gasteiger partial charge on any atom is 0.306 e. The molecule has 0 aromatic carbocycles. The van der Waals surface area contributed by atoms with E-state index in [9.17, 15) is 4.79 Å². The number of carboxylic acid groups (broad SMARTS) is 1. The molecule has 3 rings (SSSR count). The molecule has 3 N–H and O–H groups in total. The second-order valence-corrected chi connectivity index (χ2v) is 5.63. The average Bonchev–Trinajstić information content (AvgIpc) is 2.56. The van der Waals surface area contributed by atoms with Crippen molar-refractivity contribution in [2.75, 3.05) is 54.9 Å². The molecule has 1 aromatic rings. The van der Waals surface area contributed by atoms with Crippen molar-refractivity contribution in [2.45, 2.75) is 12.8 Å². The van der Waals surface area contributed by atoms with Crippen molar-refractivity contribution in [2.24, 2.45) is 5.92 Å². The van der Waals surface area contributed by atoms with Gasteiger partial charge in [-0.15, -0.1) is 0 Å². The van der Waals surface area contributed by atoms with Gasteiger partial charge in [-0.05, 0) is 12.8 Å². The van der Waals surface area contributed by atoms with E-state index in [4.69, 9.17) is 15.6 Å². The van der Waals surface area contributed by atoms with Gasteiger partial charge in [0.2, 0.25) is 0 Å². The molecule has 2 aliphatic heterocycles. The smallest absolute Gasteiger partial charge is 0.306 e. The van der Waals surface area contributed by atoms with Gasteiger partial charge in [-0.1, -0.05) is 0 Å². The number of hydrogen-bond donors (Lipinski definition) is 2. The molecule has 0 atom stereocenters. The zero-order valence-electron chi connectivity index (χ0n) is 12.4. The molecule has 0 bridgehead atoms. The number of ether oxygens (including phenoxy) is 1. The first-order valence-corrected chi connectivity index (χ1v) is 7.57. The van der Waals surface area contributed by atoms with Gasteiger partial charge in [-0.25, -0.2) is 9.97 Å². The van der Waals surface area contributed by atoms with E-state index >= 15 is 0 Å². The van der Waals surface area contributed by atoms with Crippen LogP contribution in [0.4, 0.5) is 17.3 Å². The highest BCUT2D eigenvalue weighted by Gasteiger charge is 2.27. The highest BCUT2D eigenvalue weighted by molar-refractivity contribution is 5.76. The van der Waals surface area contributed by atoms with E-state index in [1.54, 1.807) is 0 Å². The van der Waals surface area contributed by atoms with E-state index < -0.39 is 5.97 Å². The van der Waals surface area contributed by atoms with Gasteiger partial charge in [0.25, 0.3) is 0 Å². The predicted octanol–water partition coefficient (Wildman–Crippen LogP) is 0.196. The Kier molecular flexibility index (Phi) is 4.28. The van der Waals surface area contributed by atoms with Crippen molar-refractivity contribution in [1.29, 1.82) is 0 Å². The quantitative estimate of drug-likeness (QED) is 0.816. The summed E-state index contributed by atoms with van der Waals surface area (Å²) < 4.78 is 5.35. The fourth-order valence-electron chi connectivity index (χ4n) is 2.99. The average molecular weight is 307 g/mol. The number of carboxylic acids is 1. The van der Waals surface area contributed by atoms with Crippen molar-refractivity contribution < 1.29 is 14.6 Å². The zero-order valence-corrected chi connectivity index (χ0v) is 12.4. The summed E-state index contributed by atoms with van der Waals surface area (Å²) in [7, 11) is 0. The fraction of sp³-hybridized carbons (Fsp3) is 0.643. The number of nitrogens with zero attached hydrogens (tertiary/aromatic N) is 4. The highest BCUT2D eigenvalue weighted by Crippen LogP contribution is 2.31. The summed E-state index contributed by atoms with van der Waals surface area (Å²) >= 11 is 0.